The van der Waals surface area contributed by atoms with Gasteiger partial charge in [-0.05, 0) is 29.1 Å². The largest absolute Gasteiger partial charge is 0.386 e. The summed E-state index contributed by atoms with van der Waals surface area (Å²) in [6.07, 6.45) is -0.719. The predicted molar refractivity (Wildman–Crippen MR) is 79.0 cm³/mol. The van der Waals surface area contributed by atoms with Gasteiger partial charge >= 0.3 is 0 Å². The minimum atomic E-state index is -0.719. The fourth-order valence-corrected chi connectivity index (χ4v) is 3.30. The number of aliphatic hydroxyl groups is 1. The fourth-order valence-electron chi connectivity index (χ4n) is 1.81. The smallest absolute Gasteiger partial charge is 0.272 e. The lowest BCUT2D eigenvalue weighted by Gasteiger charge is -2.08. The van der Waals surface area contributed by atoms with Crippen LogP contribution in [0.5, 0.6) is 0 Å². The van der Waals surface area contributed by atoms with Crippen molar-refractivity contribution in [1.82, 2.24) is 14.9 Å². The van der Waals surface area contributed by atoms with E-state index in [1.165, 1.54) is 11.3 Å². The Hall–Kier alpha value is -1.83. The first kappa shape index (κ1) is 13.2. The van der Waals surface area contributed by atoms with Crippen molar-refractivity contribution >= 4 is 38.9 Å². The first-order chi connectivity index (χ1) is 9.74. The molecule has 20 heavy (non-hydrogen) atoms. The van der Waals surface area contributed by atoms with E-state index in [0.29, 0.717) is 0 Å². The van der Waals surface area contributed by atoms with E-state index < -0.39 is 6.10 Å². The number of fused-ring (bicyclic) bond motifs is 1. The number of benzene rings is 1. The molecule has 2 heterocycles. The van der Waals surface area contributed by atoms with Crippen LogP contribution in [0, 0.1) is 0 Å². The summed E-state index contributed by atoms with van der Waals surface area (Å²) in [4.78, 5) is 12.5. The van der Waals surface area contributed by atoms with Crippen molar-refractivity contribution in [3.05, 3.63) is 46.3 Å². The SMILES string of the molecule is O=C(NC[C@@H](O)c1cc2ccccc2s1)c1csnn1. The topological polar surface area (TPSA) is 75.1 Å². The van der Waals surface area contributed by atoms with Gasteiger partial charge in [0.1, 0.15) is 6.10 Å². The molecule has 5 nitrogen and oxygen atoms in total. The maximum Gasteiger partial charge on any atom is 0.272 e. The number of aromatic nitrogens is 2. The Morgan fingerprint density at radius 1 is 1.40 bits per heavy atom. The summed E-state index contributed by atoms with van der Waals surface area (Å²) in [5.41, 5.74) is 0.276. The summed E-state index contributed by atoms with van der Waals surface area (Å²) < 4.78 is 4.75. The normalized spacial score (nSPS) is 12.4. The molecule has 1 aromatic carbocycles. The molecule has 102 valence electrons. The molecule has 0 aliphatic rings. The van der Waals surface area contributed by atoms with Gasteiger partial charge in [-0.2, -0.15) is 0 Å². The van der Waals surface area contributed by atoms with Gasteiger partial charge in [0.2, 0.25) is 0 Å². The maximum atomic E-state index is 11.7. The highest BCUT2D eigenvalue weighted by Crippen LogP contribution is 2.29. The van der Waals surface area contributed by atoms with Crippen molar-refractivity contribution in [2.24, 2.45) is 0 Å². The van der Waals surface area contributed by atoms with E-state index in [1.807, 2.05) is 30.3 Å². The van der Waals surface area contributed by atoms with Crippen molar-refractivity contribution in [2.75, 3.05) is 6.54 Å². The molecule has 1 amide bonds. The molecule has 2 N–H and O–H groups in total. The molecular formula is C13H11N3O2S2. The summed E-state index contributed by atoms with van der Waals surface area (Å²) in [5, 5.41) is 19.1. The lowest BCUT2D eigenvalue weighted by molar-refractivity contribution is 0.0913. The quantitative estimate of drug-likeness (QED) is 0.775. The summed E-state index contributed by atoms with van der Waals surface area (Å²) in [5.74, 6) is -0.320. The van der Waals surface area contributed by atoms with Crippen LogP contribution in [0.15, 0.2) is 35.7 Å². The van der Waals surface area contributed by atoms with Crippen molar-refractivity contribution < 1.29 is 9.90 Å². The van der Waals surface area contributed by atoms with Crippen LogP contribution in [-0.4, -0.2) is 27.1 Å². The molecular weight excluding hydrogens is 294 g/mol. The third kappa shape index (κ3) is 2.69. The van der Waals surface area contributed by atoms with E-state index in [-0.39, 0.29) is 18.1 Å². The van der Waals surface area contributed by atoms with Gasteiger partial charge in [-0.25, -0.2) is 0 Å². The molecule has 0 saturated heterocycles. The Kier molecular flexibility index (Phi) is 3.72. The van der Waals surface area contributed by atoms with Crippen LogP contribution < -0.4 is 5.32 Å². The van der Waals surface area contributed by atoms with Crippen molar-refractivity contribution in [3.8, 4) is 0 Å². The lowest BCUT2D eigenvalue weighted by Crippen LogP contribution is -2.28. The fraction of sp³-hybridized carbons (Fsp3) is 0.154. The average molecular weight is 305 g/mol. The van der Waals surface area contributed by atoms with Gasteiger partial charge in [-0.1, -0.05) is 22.7 Å². The summed E-state index contributed by atoms with van der Waals surface area (Å²) >= 11 is 2.65. The van der Waals surface area contributed by atoms with Gasteiger partial charge in [-0.15, -0.1) is 16.4 Å². The first-order valence-electron chi connectivity index (χ1n) is 5.96. The summed E-state index contributed by atoms with van der Waals surface area (Å²) in [7, 11) is 0. The Morgan fingerprint density at radius 2 is 2.25 bits per heavy atom. The van der Waals surface area contributed by atoms with Gasteiger partial charge in [-0.3, -0.25) is 4.79 Å². The second-order valence-electron chi connectivity index (χ2n) is 4.20. The lowest BCUT2D eigenvalue weighted by atomic mass is 10.2. The number of thiophene rings is 1. The minimum Gasteiger partial charge on any atom is -0.386 e. The number of rotatable bonds is 4. The molecule has 3 rings (SSSR count). The number of carbonyl (C=O) groups is 1. The zero-order valence-electron chi connectivity index (χ0n) is 10.3. The van der Waals surface area contributed by atoms with Crippen LogP contribution in [-0.2, 0) is 0 Å². The van der Waals surface area contributed by atoms with Crippen LogP contribution >= 0.6 is 22.9 Å². The number of amides is 1. The molecule has 0 bridgehead atoms. The molecule has 0 saturated carbocycles. The maximum absolute atomic E-state index is 11.7. The summed E-state index contributed by atoms with van der Waals surface area (Å²) in [6, 6.07) is 9.88. The highest BCUT2D eigenvalue weighted by molar-refractivity contribution is 7.19. The highest BCUT2D eigenvalue weighted by atomic mass is 32.1. The second kappa shape index (κ2) is 5.66. The van der Waals surface area contributed by atoms with Crippen LogP contribution in [0.25, 0.3) is 10.1 Å². The molecule has 0 unspecified atom stereocenters. The number of carbonyl (C=O) groups excluding carboxylic acids is 1. The minimum absolute atomic E-state index is 0.156. The van der Waals surface area contributed by atoms with Crippen molar-refractivity contribution in [1.29, 1.82) is 0 Å². The van der Waals surface area contributed by atoms with Crippen LogP contribution in [0.1, 0.15) is 21.5 Å². The van der Waals surface area contributed by atoms with Crippen LogP contribution in [0.3, 0.4) is 0 Å². The Morgan fingerprint density at radius 3 is 3.00 bits per heavy atom. The van der Waals surface area contributed by atoms with E-state index >= 15 is 0 Å². The Labute approximate surface area is 123 Å². The molecule has 0 aliphatic carbocycles. The Bertz CT molecular complexity index is 691. The van der Waals surface area contributed by atoms with E-state index in [2.05, 4.69) is 14.9 Å². The van der Waals surface area contributed by atoms with Crippen LogP contribution in [0.4, 0.5) is 0 Å². The average Bonchev–Trinajstić information content (AvgIpc) is 3.12. The van der Waals surface area contributed by atoms with E-state index in [4.69, 9.17) is 0 Å². The van der Waals surface area contributed by atoms with Gasteiger partial charge in [0, 0.05) is 21.5 Å². The number of aliphatic hydroxyl groups excluding tert-OH is 1. The molecule has 0 aliphatic heterocycles. The van der Waals surface area contributed by atoms with Gasteiger partial charge in [0.15, 0.2) is 5.69 Å². The van der Waals surface area contributed by atoms with Crippen molar-refractivity contribution in [3.63, 3.8) is 0 Å². The molecule has 0 fully saturated rings. The number of hydrogen-bond acceptors (Lipinski definition) is 6. The van der Waals surface area contributed by atoms with Gasteiger partial charge < -0.3 is 10.4 Å². The van der Waals surface area contributed by atoms with E-state index in [9.17, 15) is 9.90 Å². The third-order valence-corrected chi connectivity index (χ3v) is 4.54. The number of nitrogens with zero attached hydrogens (tertiary/aromatic N) is 2. The molecule has 3 aromatic rings. The number of hydrogen-bond donors (Lipinski definition) is 2. The molecule has 1 atom stereocenters. The van der Waals surface area contributed by atoms with Gasteiger partial charge in [0.25, 0.3) is 5.91 Å². The third-order valence-electron chi connectivity index (χ3n) is 2.82. The molecule has 0 radical (unpaired) electrons. The Balaban J connectivity index is 1.67. The monoisotopic (exact) mass is 305 g/mol. The predicted octanol–water partition coefficient (Wildman–Crippen LogP) is 2.22. The second-order valence-corrected chi connectivity index (χ2v) is 5.93. The molecule has 7 heteroatoms. The van der Waals surface area contributed by atoms with E-state index in [0.717, 1.165) is 26.5 Å². The molecule has 0 spiro atoms. The highest BCUT2D eigenvalue weighted by Gasteiger charge is 2.14. The van der Waals surface area contributed by atoms with Gasteiger partial charge in [0.05, 0.1) is 0 Å². The number of nitrogens with one attached hydrogen (secondary N) is 1. The zero-order valence-corrected chi connectivity index (χ0v) is 11.9. The standard InChI is InChI=1S/C13H11N3O2S2/c17-10(6-14-13(18)9-7-19-16-15-9)12-5-8-3-1-2-4-11(8)20-12/h1-5,7,10,17H,6H2,(H,14,18)/t10-/m1/s1. The van der Waals surface area contributed by atoms with Crippen molar-refractivity contribution in [2.45, 2.75) is 6.10 Å². The van der Waals surface area contributed by atoms with Crippen LogP contribution in [0.2, 0.25) is 0 Å². The molecule has 2 aromatic heterocycles. The van der Waals surface area contributed by atoms with E-state index in [1.54, 1.807) is 5.38 Å². The zero-order chi connectivity index (χ0) is 13.9. The summed E-state index contributed by atoms with van der Waals surface area (Å²) in [6.45, 7) is 0.156. The first-order valence-corrected chi connectivity index (χ1v) is 7.61.